The van der Waals surface area contributed by atoms with Gasteiger partial charge >= 0.3 is 0 Å². The number of hydrogen-bond donors (Lipinski definition) is 1. The Morgan fingerprint density at radius 1 is 0.964 bits per heavy atom. The summed E-state index contributed by atoms with van der Waals surface area (Å²) in [5.41, 5.74) is 4.09. The first kappa shape index (κ1) is 20.7. The van der Waals surface area contributed by atoms with Gasteiger partial charge < -0.3 is 14.8 Å². The zero-order valence-electron chi connectivity index (χ0n) is 17.5. The second kappa shape index (κ2) is 11.1. The quantitative estimate of drug-likeness (QED) is 0.494. The number of hydrogen-bond acceptors (Lipinski definition) is 3. The molecular weight excluding hydrogens is 346 g/mol. The van der Waals surface area contributed by atoms with Gasteiger partial charge in [-0.2, -0.15) is 0 Å². The van der Waals surface area contributed by atoms with E-state index in [1.165, 1.54) is 48.8 Å². The molecule has 0 amide bonds. The van der Waals surface area contributed by atoms with Gasteiger partial charge in [0.15, 0.2) is 11.5 Å². The van der Waals surface area contributed by atoms with Gasteiger partial charge in [0.1, 0.15) is 0 Å². The summed E-state index contributed by atoms with van der Waals surface area (Å²) in [4.78, 5) is 0. The SMILES string of the molecule is CCCCCCCCOc1cc2c(cc1OC)CCNC2Cc1ccccc1. The van der Waals surface area contributed by atoms with E-state index in [2.05, 4.69) is 54.7 Å². The highest BCUT2D eigenvalue weighted by molar-refractivity contribution is 5.49. The standard InChI is InChI=1S/C25H35NO2/c1-3-4-5-6-7-11-16-28-25-19-22-21(18-24(25)27-2)14-15-26-23(22)17-20-12-9-8-10-13-20/h8-10,12-13,18-19,23,26H,3-7,11,14-17H2,1-2H3. The van der Waals surface area contributed by atoms with Crippen LogP contribution >= 0.6 is 0 Å². The van der Waals surface area contributed by atoms with E-state index >= 15 is 0 Å². The van der Waals surface area contributed by atoms with Crippen LogP contribution < -0.4 is 14.8 Å². The van der Waals surface area contributed by atoms with Gasteiger partial charge in [0.2, 0.25) is 0 Å². The molecule has 28 heavy (non-hydrogen) atoms. The third-order valence-corrected chi connectivity index (χ3v) is 5.62. The van der Waals surface area contributed by atoms with Crippen molar-refractivity contribution in [2.45, 2.75) is 64.3 Å². The highest BCUT2D eigenvalue weighted by Crippen LogP contribution is 2.36. The minimum Gasteiger partial charge on any atom is -0.493 e. The second-order valence-electron chi connectivity index (χ2n) is 7.76. The molecule has 0 spiro atoms. The summed E-state index contributed by atoms with van der Waals surface area (Å²) in [5, 5.41) is 3.69. The highest BCUT2D eigenvalue weighted by atomic mass is 16.5. The molecular formula is C25H35NO2. The molecule has 1 heterocycles. The summed E-state index contributed by atoms with van der Waals surface area (Å²) < 4.78 is 11.8. The lowest BCUT2D eigenvalue weighted by molar-refractivity contribution is 0.283. The lowest BCUT2D eigenvalue weighted by Gasteiger charge is -2.28. The Labute approximate surface area is 170 Å². The van der Waals surface area contributed by atoms with Crippen LogP contribution in [-0.4, -0.2) is 20.3 Å². The van der Waals surface area contributed by atoms with Crippen molar-refractivity contribution in [2.75, 3.05) is 20.3 Å². The average molecular weight is 382 g/mol. The number of rotatable bonds is 11. The molecule has 2 aromatic carbocycles. The lowest BCUT2D eigenvalue weighted by atomic mass is 9.90. The van der Waals surface area contributed by atoms with Gasteiger partial charge in [-0.25, -0.2) is 0 Å². The molecule has 0 aliphatic carbocycles. The van der Waals surface area contributed by atoms with Crippen molar-refractivity contribution >= 4 is 0 Å². The van der Waals surface area contributed by atoms with Crippen LogP contribution in [0.5, 0.6) is 11.5 Å². The molecule has 1 aliphatic rings. The Bertz CT molecular complexity index is 714. The van der Waals surface area contributed by atoms with E-state index < -0.39 is 0 Å². The van der Waals surface area contributed by atoms with Crippen molar-refractivity contribution < 1.29 is 9.47 Å². The third kappa shape index (κ3) is 5.75. The second-order valence-corrected chi connectivity index (χ2v) is 7.76. The average Bonchev–Trinajstić information content (AvgIpc) is 2.73. The van der Waals surface area contributed by atoms with Gasteiger partial charge in [0.05, 0.1) is 13.7 Å². The van der Waals surface area contributed by atoms with Gasteiger partial charge in [0.25, 0.3) is 0 Å². The molecule has 3 heteroatoms. The first-order valence-corrected chi connectivity index (χ1v) is 10.9. The Balaban J connectivity index is 1.65. The van der Waals surface area contributed by atoms with Crippen molar-refractivity contribution in [3.8, 4) is 11.5 Å². The number of methoxy groups -OCH3 is 1. The maximum Gasteiger partial charge on any atom is 0.161 e. The Morgan fingerprint density at radius 2 is 1.75 bits per heavy atom. The molecule has 1 unspecified atom stereocenters. The molecule has 0 saturated heterocycles. The summed E-state index contributed by atoms with van der Waals surface area (Å²) in [6, 6.07) is 15.4. The molecule has 0 fully saturated rings. The minimum atomic E-state index is 0.327. The molecule has 3 rings (SSSR count). The Kier molecular flexibility index (Phi) is 8.23. The van der Waals surface area contributed by atoms with E-state index in [9.17, 15) is 0 Å². The van der Waals surface area contributed by atoms with Crippen LogP contribution in [-0.2, 0) is 12.8 Å². The largest absolute Gasteiger partial charge is 0.493 e. The third-order valence-electron chi connectivity index (χ3n) is 5.62. The molecule has 152 valence electrons. The zero-order valence-corrected chi connectivity index (χ0v) is 17.5. The van der Waals surface area contributed by atoms with Gasteiger partial charge in [-0.3, -0.25) is 0 Å². The van der Waals surface area contributed by atoms with Crippen LogP contribution in [0.2, 0.25) is 0 Å². The summed E-state index contributed by atoms with van der Waals surface area (Å²) in [6.45, 7) is 4.02. The number of benzene rings is 2. The van der Waals surface area contributed by atoms with Crippen LogP contribution in [0.1, 0.15) is 68.2 Å². The van der Waals surface area contributed by atoms with E-state index in [4.69, 9.17) is 9.47 Å². The minimum absolute atomic E-state index is 0.327. The Hall–Kier alpha value is -2.00. The van der Waals surface area contributed by atoms with Crippen LogP contribution in [0.25, 0.3) is 0 Å². The van der Waals surface area contributed by atoms with Crippen molar-refractivity contribution in [1.82, 2.24) is 5.32 Å². The summed E-state index contributed by atoms with van der Waals surface area (Å²) in [5.74, 6) is 1.75. The molecule has 1 atom stereocenters. The summed E-state index contributed by atoms with van der Waals surface area (Å²) in [6.07, 6.45) is 9.66. The molecule has 1 N–H and O–H groups in total. The van der Waals surface area contributed by atoms with Crippen LogP contribution in [0.3, 0.4) is 0 Å². The fourth-order valence-electron chi connectivity index (χ4n) is 4.02. The van der Waals surface area contributed by atoms with Crippen molar-refractivity contribution in [3.05, 3.63) is 59.2 Å². The summed E-state index contributed by atoms with van der Waals surface area (Å²) >= 11 is 0. The normalized spacial score (nSPS) is 15.9. The Morgan fingerprint density at radius 3 is 2.54 bits per heavy atom. The highest BCUT2D eigenvalue weighted by Gasteiger charge is 2.23. The summed E-state index contributed by atoms with van der Waals surface area (Å²) in [7, 11) is 1.74. The lowest BCUT2D eigenvalue weighted by Crippen LogP contribution is -2.31. The van der Waals surface area contributed by atoms with Crippen LogP contribution in [0, 0.1) is 0 Å². The molecule has 1 aliphatic heterocycles. The van der Waals surface area contributed by atoms with Gasteiger partial charge in [-0.15, -0.1) is 0 Å². The number of unbranched alkanes of at least 4 members (excludes halogenated alkanes) is 5. The smallest absolute Gasteiger partial charge is 0.161 e. The van der Waals surface area contributed by atoms with Crippen molar-refractivity contribution in [2.24, 2.45) is 0 Å². The van der Waals surface area contributed by atoms with Gasteiger partial charge in [-0.1, -0.05) is 69.4 Å². The zero-order chi connectivity index (χ0) is 19.6. The maximum absolute atomic E-state index is 6.15. The molecule has 0 saturated carbocycles. The predicted molar refractivity (Wildman–Crippen MR) is 116 cm³/mol. The van der Waals surface area contributed by atoms with E-state index in [0.717, 1.165) is 43.9 Å². The van der Waals surface area contributed by atoms with E-state index in [-0.39, 0.29) is 0 Å². The number of fused-ring (bicyclic) bond motifs is 1. The van der Waals surface area contributed by atoms with Crippen LogP contribution in [0.15, 0.2) is 42.5 Å². The predicted octanol–water partition coefficient (Wildman–Crippen LogP) is 5.86. The molecule has 0 aromatic heterocycles. The fraction of sp³-hybridized carbons (Fsp3) is 0.520. The first-order valence-electron chi connectivity index (χ1n) is 10.9. The fourth-order valence-corrected chi connectivity index (χ4v) is 4.02. The molecule has 3 nitrogen and oxygen atoms in total. The number of ether oxygens (including phenoxy) is 2. The topological polar surface area (TPSA) is 30.5 Å². The molecule has 0 radical (unpaired) electrons. The van der Waals surface area contributed by atoms with E-state index in [1.807, 2.05) is 0 Å². The van der Waals surface area contributed by atoms with Gasteiger partial charge in [-0.05, 0) is 54.6 Å². The van der Waals surface area contributed by atoms with Crippen molar-refractivity contribution in [1.29, 1.82) is 0 Å². The van der Waals surface area contributed by atoms with Gasteiger partial charge in [0, 0.05) is 6.04 Å². The molecule has 2 aromatic rings. The van der Waals surface area contributed by atoms with E-state index in [1.54, 1.807) is 7.11 Å². The maximum atomic E-state index is 6.15. The van der Waals surface area contributed by atoms with Crippen LogP contribution in [0.4, 0.5) is 0 Å². The van der Waals surface area contributed by atoms with Crippen molar-refractivity contribution in [3.63, 3.8) is 0 Å². The first-order chi connectivity index (χ1) is 13.8. The van der Waals surface area contributed by atoms with E-state index in [0.29, 0.717) is 6.04 Å². The monoisotopic (exact) mass is 381 g/mol. The molecule has 0 bridgehead atoms. The number of nitrogens with one attached hydrogen (secondary N) is 1.